The second-order valence-corrected chi connectivity index (χ2v) is 5.81. The highest BCUT2D eigenvalue weighted by atomic mass is 35.5. The molecule has 2 aromatic carbocycles. The molecule has 0 radical (unpaired) electrons. The fraction of sp³-hybridized carbons (Fsp3) is 0.250. The predicted octanol–water partition coefficient (Wildman–Crippen LogP) is 4.71. The zero-order valence-electron chi connectivity index (χ0n) is 11.9. The Labute approximate surface area is 133 Å². The molecule has 21 heavy (non-hydrogen) atoms. The van der Waals surface area contributed by atoms with Crippen molar-refractivity contribution in [3.8, 4) is 5.75 Å². The SMILES string of the molecule is COc1ccc(C(C)(O)c2cc(F)c(Cl)cc2Cl)c(C)c1. The van der Waals surface area contributed by atoms with Crippen LogP contribution in [0.3, 0.4) is 0 Å². The molecule has 112 valence electrons. The summed E-state index contributed by atoms with van der Waals surface area (Å²) in [5, 5.41) is 11.0. The van der Waals surface area contributed by atoms with E-state index < -0.39 is 11.4 Å². The van der Waals surface area contributed by atoms with Crippen molar-refractivity contribution in [2.45, 2.75) is 19.4 Å². The maximum Gasteiger partial charge on any atom is 0.142 e. The van der Waals surface area contributed by atoms with Crippen molar-refractivity contribution in [3.05, 3.63) is 62.9 Å². The minimum absolute atomic E-state index is 0.0778. The fourth-order valence-corrected chi connectivity index (χ4v) is 2.92. The second kappa shape index (κ2) is 5.84. The lowest BCUT2D eigenvalue weighted by Crippen LogP contribution is -2.24. The number of aliphatic hydroxyl groups is 1. The first-order chi connectivity index (χ1) is 9.77. The molecule has 5 heteroatoms. The first kappa shape index (κ1) is 16.1. The zero-order chi connectivity index (χ0) is 15.8. The molecule has 2 nitrogen and oxygen atoms in total. The van der Waals surface area contributed by atoms with Crippen LogP contribution < -0.4 is 4.74 Å². The molecule has 1 N–H and O–H groups in total. The lowest BCUT2D eigenvalue weighted by molar-refractivity contribution is 0.101. The number of aryl methyl sites for hydroxylation is 1. The van der Waals surface area contributed by atoms with Crippen molar-refractivity contribution < 1.29 is 14.2 Å². The van der Waals surface area contributed by atoms with Gasteiger partial charge in [0, 0.05) is 10.6 Å². The van der Waals surface area contributed by atoms with Crippen molar-refractivity contribution in [2.75, 3.05) is 7.11 Å². The molecule has 0 heterocycles. The van der Waals surface area contributed by atoms with E-state index in [0.717, 1.165) is 11.6 Å². The van der Waals surface area contributed by atoms with E-state index in [0.29, 0.717) is 11.3 Å². The molecule has 0 aliphatic carbocycles. The van der Waals surface area contributed by atoms with E-state index in [4.69, 9.17) is 27.9 Å². The van der Waals surface area contributed by atoms with Gasteiger partial charge in [-0.05, 0) is 49.2 Å². The van der Waals surface area contributed by atoms with Gasteiger partial charge in [0.05, 0.1) is 12.1 Å². The van der Waals surface area contributed by atoms with E-state index in [2.05, 4.69) is 0 Å². The number of ether oxygens (including phenoxy) is 1. The molecular weight excluding hydrogens is 314 g/mol. The van der Waals surface area contributed by atoms with Crippen molar-refractivity contribution in [1.29, 1.82) is 0 Å². The van der Waals surface area contributed by atoms with Gasteiger partial charge in [-0.3, -0.25) is 0 Å². The summed E-state index contributed by atoms with van der Waals surface area (Å²) in [7, 11) is 1.57. The van der Waals surface area contributed by atoms with Gasteiger partial charge in [0.1, 0.15) is 17.2 Å². The molecule has 0 fully saturated rings. The van der Waals surface area contributed by atoms with Crippen molar-refractivity contribution in [1.82, 2.24) is 0 Å². The molecule has 0 bridgehead atoms. The number of rotatable bonds is 3. The standard InChI is InChI=1S/C16H15Cl2FO2/c1-9-6-10(21-3)4-5-11(9)16(2,20)12-7-15(19)14(18)8-13(12)17/h4-8,20H,1-3H3. The van der Waals surface area contributed by atoms with Crippen LogP contribution in [0, 0.1) is 12.7 Å². The predicted molar refractivity (Wildman–Crippen MR) is 82.8 cm³/mol. The van der Waals surface area contributed by atoms with Crippen molar-refractivity contribution >= 4 is 23.2 Å². The highest BCUT2D eigenvalue weighted by Crippen LogP contribution is 2.38. The molecule has 2 rings (SSSR count). The van der Waals surface area contributed by atoms with E-state index >= 15 is 0 Å². The smallest absolute Gasteiger partial charge is 0.142 e. The van der Waals surface area contributed by atoms with Gasteiger partial charge in [0.2, 0.25) is 0 Å². The molecule has 2 aromatic rings. The average molecular weight is 329 g/mol. The summed E-state index contributed by atoms with van der Waals surface area (Å²) < 4.78 is 18.8. The van der Waals surface area contributed by atoms with Gasteiger partial charge < -0.3 is 9.84 Å². The summed E-state index contributed by atoms with van der Waals surface area (Å²) in [6.07, 6.45) is 0. The number of hydrogen-bond donors (Lipinski definition) is 1. The summed E-state index contributed by atoms with van der Waals surface area (Å²) in [6.45, 7) is 3.41. The first-order valence-corrected chi connectivity index (χ1v) is 7.05. The van der Waals surface area contributed by atoms with Crippen LogP contribution in [-0.2, 0) is 5.60 Å². The Morgan fingerprint density at radius 3 is 2.33 bits per heavy atom. The summed E-state index contributed by atoms with van der Waals surface area (Å²) in [5.41, 5.74) is 0.246. The number of methoxy groups -OCH3 is 1. The van der Waals surface area contributed by atoms with Crippen LogP contribution in [0.4, 0.5) is 4.39 Å². The van der Waals surface area contributed by atoms with E-state index in [1.807, 2.05) is 6.92 Å². The van der Waals surface area contributed by atoms with Crippen LogP contribution in [0.1, 0.15) is 23.6 Å². The maximum absolute atomic E-state index is 13.7. The molecule has 0 saturated carbocycles. The minimum atomic E-state index is -1.45. The monoisotopic (exact) mass is 328 g/mol. The third-order valence-corrected chi connectivity index (χ3v) is 4.09. The van der Waals surface area contributed by atoms with Crippen LogP contribution >= 0.6 is 23.2 Å². The van der Waals surface area contributed by atoms with Crippen molar-refractivity contribution in [3.63, 3.8) is 0 Å². The molecule has 0 amide bonds. The Morgan fingerprint density at radius 2 is 1.76 bits per heavy atom. The third-order valence-electron chi connectivity index (χ3n) is 3.49. The van der Waals surface area contributed by atoms with Crippen LogP contribution in [0.2, 0.25) is 10.0 Å². The van der Waals surface area contributed by atoms with Gasteiger partial charge in [-0.15, -0.1) is 0 Å². The molecule has 0 aromatic heterocycles. The molecule has 0 aliphatic rings. The van der Waals surface area contributed by atoms with E-state index in [9.17, 15) is 9.50 Å². The molecule has 0 saturated heterocycles. The van der Waals surface area contributed by atoms with Crippen LogP contribution in [0.25, 0.3) is 0 Å². The van der Waals surface area contributed by atoms with Gasteiger partial charge in [-0.1, -0.05) is 29.3 Å². The Morgan fingerprint density at radius 1 is 1.10 bits per heavy atom. The van der Waals surface area contributed by atoms with Crippen LogP contribution in [-0.4, -0.2) is 12.2 Å². The number of halogens is 3. The largest absolute Gasteiger partial charge is 0.497 e. The fourth-order valence-electron chi connectivity index (χ4n) is 2.35. The minimum Gasteiger partial charge on any atom is -0.497 e. The average Bonchev–Trinajstić information content (AvgIpc) is 2.42. The second-order valence-electron chi connectivity index (χ2n) is 5.00. The van der Waals surface area contributed by atoms with Gasteiger partial charge in [0.15, 0.2) is 0 Å². The third kappa shape index (κ3) is 3.00. The zero-order valence-corrected chi connectivity index (χ0v) is 13.4. The topological polar surface area (TPSA) is 29.5 Å². The highest BCUT2D eigenvalue weighted by Gasteiger charge is 2.30. The summed E-state index contributed by atoms with van der Waals surface area (Å²) in [4.78, 5) is 0. The molecule has 0 aliphatic heterocycles. The Hall–Kier alpha value is -1.29. The van der Waals surface area contributed by atoms with E-state index in [1.54, 1.807) is 32.2 Å². The Balaban J connectivity index is 2.59. The lowest BCUT2D eigenvalue weighted by Gasteiger charge is -2.27. The molecule has 0 spiro atoms. The Bertz CT molecular complexity index is 684. The van der Waals surface area contributed by atoms with Gasteiger partial charge >= 0.3 is 0 Å². The first-order valence-electron chi connectivity index (χ1n) is 6.30. The lowest BCUT2D eigenvalue weighted by atomic mass is 9.85. The molecular formula is C16H15Cl2FO2. The van der Waals surface area contributed by atoms with E-state index in [1.165, 1.54) is 6.07 Å². The summed E-state index contributed by atoms with van der Waals surface area (Å²) >= 11 is 11.8. The summed E-state index contributed by atoms with van der Waals surface area (Å²) in [5.74, 6) is 0.0583. The Kier molecular flexibility index (Phi) is 4.47. The quantitative estimate of drug-likeness (QED) is 0.827. The van der Waals surface area contributed by atoms with Crippen molar-refractivity contribution in [2.24, 2.45) is 0 Å². The normalized spacial score (nSPS) is 13.9. The maximum atomic E-state index is 13.7. The van der Waals surface area contributed by atoms with Gasteiger partial charge in [-0.2, -0.15) is 0 Å². The van der Waals surface area contributed by atoms with Gasteiger partial charge in [-0.25, -0.2) is 4.39 Å². The summed E-state index contributed by atoms with van der Waals surface area (Å²) in [6, 6.07) is 7.72. The van der Waals surface area contributed by atoms with Crippen LogP contribution in [0.15, 0.2) is 30.3 Å². The molecule has 1 unspecified atom stereocenters. The van der Waals surface area contributed by atoms with E-state index in [-0.39, 0.29) is 15.6 Å². The van der Waals surface area contributed by atoms with Gasteiger partial charge in [0.25, 0.3) is 0 Å². The number of hydrogen-bond acceptors (Lipinski definition) is 2. The number of benzene rings is 2. The van der Waals surface area contributed by atoms with Crippen LogP contribution in [0.5, 0.6) is 5.75 Å². The highest BCUT2D eigenvalue weighted by molar-refractivity contribution is 6.35. The molecule has 1 atom stereocenters.